The molecular weight excluding hydrogens is 261 g/mol. The molecule has 1 N–H and O–H groups in total. The molecule has 0 saturated carbocycles. The smallest absolute Gasteiger partial charge is 0.232 e. The van der Waals surface area contributed by atoms with Crippen LogP contribution in [0.15, 0.2) is 28.8 Å². The SMILES string of the molecule is Cl.Clc1ccc(-c2noc(C3CNC3)n2)cc1. The molecule has 3 rings (SSSR count). The zero-order chi connectivity index (χ0) is 11.0. The second-order valence-electron chi connectivity index (χ2n) is 3.82. The van der Waals surface area contributed by atoms with Crippen molar-refractivity contribution in [3.05, 3.63) is 35.2 Å². The number of benzene rings is 1. The third kappa shape index (κ3) is 2.44. The molecule has 17 heavy (non-hydrogen) atoms. The summed E-state index contributed by atoms with van der Waals surface area (Å²) >= 11 is 5.81. The van der Waals surface area contributed by atoms with Crippen LogP contribution in [0.5, 0.6) is 0 Å². The van der Waals surface area contributed by atoms with Gasteiger partial charge in [-0.05, 0) is 24.3 Å². The maximum atomic E-state index is 5.81. The lowest BCUT2D eigenvalue weighted by Gasteiger charge is -2.22. The van der Waals surface area contributed by atoms with Gasteiger partial charge in [-0.2, -0.15) is 4.98 Å². The van der Waals surface area contributed by atoms with Crippen LogP contribution in [0, 0.1) is 0 Å². The van der Waals surface area contributed by atoms with Gasteiger partial charge in [-0.3, -0.25) is 0 Å². The van der Waals surface area contributed by atoms with Crippen LogP contribution in [0.2, 0.25) is 5.02 Å². The lowest BCUT2D eigenvalue weighted by molar-refractivity contribution is 0.308. The number of hydrogen-bond donors (Lipinski definition) is 1. The zero-order valence-electron chi connectivity index (χ0n) is 8.89. The summed E-state index contributed by atoms with van der Waals surface area (Å²) in [5.41, 5.74) is 0.923. The van der Waals surface area contributed by atoms with Gasteiger partial charge in [0.2, 0.25) is 11.7 Å². The van der Waals surface area contributed by atoms with E-state index in [0.717, 1.165) is 18.7 Å². The fourth-order valence-electron chi connectivity index (χ4n) is 1.58. The molecule has 1 aliphatic rings. The Morgan fingerprint density at radius 1 is 1.24 bits per heavy atom. The summed E-state index contributed by atoms with van der Waals surface area (Å²) in [5.74, 6) is 1.70. The van der Waals surface area contributed by atoms with Crippen LogP contribution in [0.1, 0.15) is 11.8 Å². The van der Waals surface area contributed by atoms with E-state index in [1.807, 2.05) is 24.3 Å². The van der Waals surface area contributed by atoms with Gasteiger partial charge >= 0.3 is 0 Å². The van der Waals surface area contributed by atoms with Gasteiger partial charge in [0.05, 0.1) is 5.92 Å². The Kier molecular flexibility index (Phi) is 3.66. The van der Waals surface area contributed by atoms with Gasteiger partial charge in [-0.1, -0.05) is 16.8 Å². The molecular formula is C11H11Cl2N3O. The molecule has 0 unspecified atom stereocenters. The van der Waals surface area contributed by atoms with Crippen molar-refractivity contribution in [1.82, 2.24) is 15.5 Å². The molecule has 0 aliphatic carbocycles. The quantitative estimate of drug-likeness (QED) is 0.912. The summed E-state index contributed by atoms with van der Waals surface area (Å²) in [5, 5.41) is 7.84. The van der Waals surface area contributed by atoms with Crippen LogP contribution < -0.4 is 5.32 Å². The van der Waals surface area contributed by atoms with Crippen LogP contribution in [0.25, 0.3) is 11.4 Å². The van der Waals surface area contributed by atoms with Crippen molar-refractivity contribution in [2.45, 2.75) is 5.92 Å². The van der Waals surface area contributed by atoms with Gasteiger partial charge in [0.1, 0.15) is 0 Å². The normalized spacial score (nSPS) is 15.1. The number of nitrogens with zero attached hydrogens (tertiary/aromatic N) is 2. The van der Waals surface area contributed by atoms with Crippen molar-refractivity contribution in [3.8, 4) is 11.4 Å². The number of nitrogens with one attached hydrogen (secondary N) is 1. The summed E-state index contributed by atoms with van der Waals surface area (Å²) in [6, 6.07) is 7.40. The van der Waals surface area contributed by atoms with E-state index in [2.05, 4.69) is 15.5 Å². The van der Waals surface area contributed by atoms with Gasteiger partial charge in [0.15, 0.2) is 0 Å². The zero-order valence-corrected chi connectivity index (χ0v) is 10.5. The van der Waals surface area contributed by atoms with E-state index in [1.54, 1.807) is 0 Å². The van der Waals surface area contributed by atoms with Crippen LogP contribution in [0.4, 0.5) is 0 Å². The molecule has 1 aromatic heterocycles. The first-order valence-electron chi connectivity index (χ1n) is 5.13. The second-order valence-corrected chi connectivity index (χ2v) is 4.25. The summed E-state index contributed by atoms with van der Waals surface area (Å²) in [4.78, 5) is 4.37. The monoisotopic (exact) mass is 271 g/mol. The number of aromatic nitrogens is 2. The van der Waals surface area contributed by atoms with Gasteiger partial charge in [0, 0.05) is 23.7 Å². The molecule has 1 saturated heterocycles. The molecule has 0 bridgehead atoms. The highest BCUT2D eigenvalue weighted by Gasteiger charge is 2.25. The van der Waals surface area contributed by atoms with E-state index in [-0.39, 0.29) is 12.4 Å². The van der Waals surface area contributed by atoms with Crippen LogP contribution in [0.3, 0.4) is 0 Å². The minimum atomic E-state index is 0. The molecule has 2 heterocycles. The average molecular weight is 272 g/mol. The van der Waals surface area contributed by atoms with E-state index in [9.17, 15) is 0 Å². The molecule has 1 aliphatic heterocycles. The van der Waals surface area contributed by atoms with Crippen LogP contribution >= 0.6 is 24.0 Å². The van der Waals surface area contributed by atoms with E-state index >= 15 is 0 Å². The molecule has 1 aromatic carbocycles. The fraction of sp³-hybridized carbons (Fsp3) is 0.273. The van der Waals surface area contributed by atoms with Gasteiger partial charge in [-0.15, -0.1) is 12.4 Å². The Bertz CT molecular complexity index is 494. The molecule has 0 amide bonds. The summed E-state index contributed by atoms with van der Waals surface area (Å²) in [7, 11) is 0. The second kappa shape index (κ2) is 5.04. The highest BCUT2D eigenvalue weighted by molar-refractivity contribution is 6.30. The maximum absolute atomic E-state index is 5.81. The average Bonchev–Trinajstić information content (AvgIpc) is 2.65. The Morgan fingerprint density at radius 2 is 1.94 bits per heavy atom. The van der Waals surface area contributed by atoms with Crippen molar-refractivity contribution in [3.63, 3.8) is 0 Å². The topological polar surface area (TPSA) is 51.0 Å². The third-order valence-corrected chi connectivity index (χ3v) is 2.93. The minimum Gasteiger partial charge on any atom is -0.339 e. The molecule has 2 aromatic rings. The summed E-state index contributed by atoms with van der Waals surface area (Å²) < 4.78 is 5.22. The van der Waals surface area contributed by atoms with Crippen LogP contribution in [-0.2, 0) is 0 Å². The first-order valence-corrected chi connectivity index (χ1v) is 5.51. The Balaban J connectivity index is 0.00000108. The van der Waals surface area contributed by atoms with E-state index in [4.69, 9.17) is 16.1 Å². The van der Waals surface area contributed by atoms with Crippen molar-refractivity contribution >= 4 is 24.0 Å². The molecule has 1 fully saturated rings. The molecule has 6 heteroatoms. The molecule has 90 valence electrons. The third-order valence-electron chi connectivity index (χ3n) is 2.67. The predicted molar refractivity (Wildman–Crippen MR) is 67.6 cm³/mol. The fourth-order valence-corrected chi connectivity index (χ4v) is 1.71. The van der Waals surface area contributed by atoms with Crippen molar-refractivity contribution in [2.24, 2.45) is 0 Å². The lowest BCUT2D eigenvalue weighted by atomic mass is 10.0. The van der Waals surface area contributed by atoms with Crippen molar-refractivity contribution in [1.29, 1.82) is 0 Å². The largest absolute Gasteiger partial charge is 0.339 e. The standard InChI is InChI=1S/C11H10ClN3O.ClH/c12-9-3-1-7(2-4-9)10-14-11(16-15-10)8-5-13-6-8;/h1-4,8,13H,5-6H2;1H. The number of rotatable bonds is 2. The highest BCUT2D eigenvalue weighted by Crippen LogP contribution is 2.23. The van der Waals surface area contributed by atoms with Gasteiger partial charge in [-0.25, -0.2) is 0 Å². The first-order chi connectivity index (χ1) is 7.83. The van der Waals surface area contributed by atoms with Crippen molar-refractivity contribution < 1.29 is 4.52 Å². The maximum Gasteiger partial charge on any atom is 0.232 e. The molecule has 0 radical (unpaired) electrons. The molecule has 0 atom stereocenters. The summed E-state index contributed by atoms with van der Waals surface area (Å²) in [6.07, 6.45) is 0. The van der Waals surface area contributed by atoms with Gasteiger partial charge < -0.3 is 9.84 Å². The predicted octanol–water partition coefficient (Wildman–Crippen LogP) is 2.50. The molecule has 0 spiro atoms. The van der Waals surface area contributed by atoms with E-state index in [0.29, 0.717) is 22.7 Å². The van der Waals surface area contributed by atoms with E-state index < -0.39 is 0 Å². The molecule has 4 nitrogen and oxygen atoms in total. The minimum absolute atomic E-state index is 0. The Labute approximate surface area is 110 Å². The lowest BCUT2D eigenvalue weighted by Crippen LogP contribution is -2.40. The highest BCUT2D eigenvalue weighted by atomic mass is 35.5. The number of hydrogen-bond acceptors (Lipinski definition) is 4. The Hall–Kier alpha value is -1.10. The van der Waals surface area contributed by atoms with E-state index in [1.165, 1.54) is 0 Å². The van der Waals surface area contributed by atoms with Crippen molar-refractivity contribution in [2.75, 3.05) is 13.1 Å². The first kappa shape index (κ1) is 12.4. The summed E-state index contributed by atoms with van der Waals surface area (Å²) in [6.45, 7) is 1.84. The Morgan fingerprint density at radius 3 is 2.53 bits per heavy atom. The van der Waals surface area contributed by atoms with Crippen LogP contribution in [-0.4, -0.2) is 23.2 Å². The number of halogens is 2. The van der Waals surface area contributed by atoms with Gasteiger partial charge in [0.25, 0.3) is 0 Å².